The number of nitrogens with zero attached hydrogens (tertiary/aromatic N) is 2. The fraction of sp³-hybridized carbons (Fsp3) is 0. The van der Waals surface area contributed by atoms with Gasteiger partial charge in [-0.2, -0.15) is 5.26 Å². The van der Waals surface area contributed by atoms with E-state index in [4.69, 9.17) is 14.7 Å². The van der Waals surface area contributed by atoms with Crippen molar-refractivity contribution in [2.45, 2.75) is 0 Å². The van der Waals surface area contributed by atoms with Crippen LogP contribution in [0.5, 0.6) is 11.5 Å². The van der Waals surface area contributed by atoms with Gasteiger partial charge in [-0.15, -0.1) is 0 Å². The number of nitro groups is 1. The standard InChI is InChI=1S/C14H8N2O5/c15-9-10-1-5-12(6-2-10)20-14(17)21-13-7-3-11(4-8-13)16(18)19/h1-8H. The van der Waals surface area contributed by atoms with Gasteiger partial charge in [0.2, 0.25) is 0 Å². The number of hydrogen-bond donors (Lipinski definition) is 0. The SMILES string of the molecule is N#Cc1ccc(OC(=O)Oc2ccc([N+](=O)[O-])cc2)cc1. The van der Waals surface area contributed by atoms with E-state index in [1.54, 1.807) is 0 Å². The van der Waals surface area contributed by atoms with Gasteiger partial charge >= 0.3 is 6.16 Å². The maximum atomic E-state index is 11.5. The molecule has 7 nitrogen and oxygen atoms in total. The average molecular weight is 284 g/mol. The van der Waals surface area contributed by atoms with Crippen molar-refractivity contribution < 1.29 is 19.2 Å². The first kappa shape index (κ1) is 14.0. The number of carbonyl (C=O) groups is 1. The van der Waals surface area contributed by atoms with E-state index in [0.717, 1.165) is 0 Å². The Morgan fingerprint density at radius 1 is 1.00 bits per heavy atom. The third-order valence-corrected chi connectivity index (χ3v) is 2.43. The minimum atomic E-state index is -0.978. The summed E-state index contributed by atoms with van der Waals surface area (Å²) in [6.07, 6.45) is -0.978. The van der Waals surface area contributed by atoms with E-state index in [9.17, 15) is 14.9 Å². The summed E-state index contributed by atoms with van der Waals surface area (Å²) in [6.45, 7) is 0. The Labute approximate surface area is 119 Å². The van der Waals surface area contributed by atoms with Crippen LogP contribution >= 0.6 is 0 Å². The van der Waals surface area contributed by atoms with Crippen molar-refractivity contribution in [3.05, 3.63) is 64.2 Å². The average Bonchev–Trinajstić information content (AvgIpc) is 2.48. The Morgan fingerprint density at radius 2 is 1.48 bits per heavy atom. The Morgan fingerprint density at radius 3 is 1.90 bits per heavy atom. The van der Waals surface area contributed by atoms with E-state index in [2.05, 4.69) is 0 Å². The first-order valence-electron chi connectivity index (χ1n) is 5.73. The van der Waals surface area contributed by atoms with Crippen LogP contribution in [0.15, 0.2) is 48.5 Å². The van der Waals surface area contributed by atoms with Crippen LogP contribution in [0.3, 0.4) is 0 Å². The molecule has 0 unspecified atom stereocenters. The van der Waals surface area contributed by atoms with Crippen molar-refractivity contribution in [3.63, 3.8) is 0 Å². The molecule has 0 saturated heterocycles. The monoisotopic (exact) mass is 284 g/mol. The molecule has 0 atom stereocenters. The summed E-state index contributed by atoms with van der Waals surface area (Å²) in [5, 5.41) is 19.1. The van der Waals surface area contributed by atoms with Crippen LogP contribution in [0.25, 0.3) is 0 Å². The molecular weight excluding hydrogens is 276 g/mol. The summed E-state index contributed by atoms with van der Waals surface area (Å²) in [5.74, 6) is 0.347. The normalized spacial score (nSPS) is 9.48. The minimum absolute atomic E-state index is 0.109. The lowest BCUT2D eigenvalue weighted by Gasteiger charge is -2.05. The lowest BCUT2D eigenvalue weighted by atomic mass is 10.2. The Kier molecular flexibility index (Phi) is 4.11. The van der Waals surface area contributed by atoms with Gasteiger partial charge in [-0.05, 0) is 36.4 Å². The molecule has 0 aliphatic rings. The fourth-order valence-electron chi connectivity index (χ4n) is 1.45. The molecule has 0 N–H and O–H groups in total. The van der Waals surface area contributed by atoms with Gasteiger partial charge in [0.15, 0.2) is 0 Å². The molecule has 2 aromatic carbocycles. The summed E-state index contributed by atoms with van der Waals surface area (Å²) in [7, 11) is 0. The summed E-state index contributed by atoms with van der Waals surface area (Å²) in [5.41, 5.74) is 0.328. The van der Waals surface area contributed by atoms with Crippen LogP contribution in [0.4, 0.5) is 10.5 Å². The van der Waals surface area contributed by atoms with Gasteiger partial charge in [-0.3, -0.25) is 10.1 Å². The molecular formula is C14H8N2O5. The molecule has 7 heteroatoms. The van der Waals surface area contributed by atoms with Gasteiger partial charge < -0.3 is 9.47 Å². The van der Waals surface area contributed by atoms with Crippen LogP contribution in [0.1, 0.15) is 5.56 Å². The van der Waals surface area contributed by atoms with Crippen LogP contribution in [-0.2, 0) is 0 Å². The molecule has 0 saturated carbocycles. The Balaban J connectivity index is 1.97. The highest BCUT2D eigenvalue weighted by atomic mass is 16.7. The lowest BCUT2D eigenvalue weighted by Crippen LogP contribution is -2.13. The first-order valence-corrected chi connectivity index (χ1v) is 5.73. The highest BCUT2D eigenvalue weighted by Gasteiger charge is 2.10. The molecule has 0 aliphatic carbocycles. The predicted octanol–water partition coefficient (Wildman–Crippen LogP) is 3.04. The molecule has 2 aromatic rings. The molecule has 21 heavy (non-hydrogen) atoms. The third kappa shape index (κ3) is 3.78. The molecule has 0 aromatic heterocycles. The van der Waals surface area contributed by atoms with Gasteiger partial charge in [-0.25, -0.2) is 4.79 Å². The van der Waals surface area contributed by atoms with E-state index in [1.165, 1.54) is 48.5 Å². The number of carbonyl (C=O) groups excluding carboxylic acids is 1. The Hall–Kier alpha value is -3.40. The second kappa shape index (κ2) is 6.16. The van der Waals surface area contributed by atoms with Gasteiger partial charge in [0.05, 0.1) is 16.6 Å². The molecule has 0 spiro atoms. The topological polar surface area (TPSA) is 102 Å². The molecule has 2 rings (SSSR count). The summed E-state index contributed by atoms with van der Waals surface area (Å²) in [4.78, 5) is 21.4. The van der Waals surface area contributed by atoms with E-state index in [0.29, 0.717) is 5.56 Å². The minimum Gasteiger partial charge on any atom is -0.395 e. The van der Waals surface area contributed by atoms with E-state index >= 15 is 0 Å². The maximum Gasteiger partial charge on any atom is 0.519 e. The lowest BCUT2D eigenvalue weighted by molar-refractivity contribution is -0.384. The molecule has 0 aliphatic heterocycles. The Bertz CT molecular complexity index is 702. The van der Waals surface area contributed by atoms with Crippen LogP contribution in [-0.4, -0.2) is 11.1 Å². The van der Waals surface area contributed by atoms with E-state index in [-0.39, 0.29) is 17.2 Å². The number of nitriles is 1. The predicted molar refractivity (Wildman–Crippen MR) is 70.9 cm³/mol. The molecule has 0 radical (unpaired) electrons. The summed E-state index contributed by atoms with van der Waals surface area (Å²) >= 11 is 0. The summed E-state index contributed by atoms with van der Waals surface area (Å²) < 4.78 is 9.75. The molecule has 104 valence electrons. The molecule has 0 amide bonds. The number of non-ortho nitro benzene ring substituents is 1. The number of hydrogen-bond acceptors (Lipinski definition) is 6. The third-order valence-electron chi connectivity index (χ3n) is 2.43. The first-order chi connectivity index (χ1) is 10.1. The van der Waals surface area contributed by atoms with Gasteiger partial charge in [0, 0.05) is 12.1 Å². The van der Waals surface area contributed by atoms with Crippen LogP contribution in [0.2, 0.25) is 0 Å². The second-order valence-electron chi connectivity index (χ2n) is 3.84. The summed E-state index contributed by atoms with van der Waals surface area (Å²) in [6, 6.07) is 12.8. The van der Waals surface area contributed by atoms with Gasteiger partial charge in [0.1, 0.15) is 11.5 Å². The fourth-order valence-corrected chi connectivity index (χ4v) is 1.45. The van der Waals surface area contributed by atoms with Gasteiger partial charge in [-0.1, -0.05) is 0 Å². The highest BCUT2D eigenvalue weighted by Crippen LogP contribution is 2.18. The van der Waals surface area contributed by atoms with E-state index in [1.807, 2.05) is 6.07 Å². The largest absolute Gasteiger partial charge is 0.519 e. The van der Waals surface area contributed by atoms with Crippen molar-refractivity contribution >= 4 is 11.8 Å². The second-order valence-corrected chi connectivity index (χ2v) is 3.84. The molecule has 0 fully saturated rings. The smallest absolute Gasteiger partial charge is 0.395 e. The highest BCUT2D eigenvalue weighted by molar-refractivity contribution is 5.67. The number of benzene rings is 2. The van der Waals surface area contributed by atoms with Crippen LogP contribution in [0, 0.1) is 21.4 Å². The zero-order valence-electron chi connectivity index (χ0n) is 10.6. The quantitative estimate of drug-likeness (QED) is 0.371. The van der Waals surface area contributed by atoms with Crippen molar-refractivity contribution in [3.8, 4) is 17.6 Å². The maximum absolute atomic E-state index is 11.5. The van der Waals surface area contributed by atoms with Crippen molar-refractivity contribution in [1.82, 2.24) is 0 Å². The van der Waals surface area contributed by atoms with Crippen molar-refractivity contribution in [2.24, 2.45) is 0 Å². The van der Waals surface area contributed by atoms with E-state index < -0.39 is 11.1 Å². The van der Waals surface area contributed by atoms with Gasteiger partial charge in [0.25, 0.3) is 5.69 Å². The number of rotatable bonds is 3. The van der Waals surface area contributed by atoms with Crippen molar-refractivity contribution in [1.29, 1.82) is 5.26 Å². The zero-order chi connectivity index (χ0) is 15.2. The van der Waals surface area contributed by atoms with Crippen LogP contribution < -0.4 is 9.47 Å². The zero-order valence-corrected chi connectivity index (χ0v) is 10.6. The number of ether oxygens (including phenoxy) is 2. The number of nitro benzene ring substituents is 1. The van der Waals surface area contributed by atoms with Crippen molar-refractivity contribution in [2.75, 3.05) is 0 Å². The molecule has 0 bridgehead atoms. The molecule has 0 heterocycles.